The van der Waals surface area contributed by atoms with Crippen LogP contribution in [0.25, 0.3) is 0 Å². The van der Waals surface area contributed by atoms with Crippen molar-refractivity contribution < 1.29 is 8.78 Å². The van der Waals surface area contributed by atoms with Crippen molar-refractivity contribution in [2.45, 2.75) is 19.8 Å². The van der Waals surface area contributed by atoms with Crippen LogP contribution in [0.4, 0.5) is 14.5 Å². The first-order valence-electron chi connectivity index (χ1n) is 6.61. The van der Waals surface area contributed by atoms with Crippen LogP contribution in [-0.4, -0.2) is 26.2 Å². The lowest BCUT2D eigenvalue weighted by Crippen LogP contribution is -2.36. The molecule has 1 aromatic carbocycles. The van der Waals surface area contributed by atoms with Gasteiger partial charge in [0.1, 0.15) is 0 Å². The van der Waals surface area contributed by atoms with E-state index in [1.807, 2.05) is 6.92 Å². The summed E-state index contributed by atoms with van der Waals surface area (Å²) in [5, 5.41) is 3.33. The van der Waals surface area contributed by atoms with Gasteiger partial charge >= 0.3 is 0 Å². The Morgan fingerprint density at radius 1 is 1.21 bits per heavy atom. The van der Waals surface area contributed by atoms with Crippen LogP contribution < -0.4 is 10.2 Å². The predicted octanol–water partition coefficient (Wildman–Crippen LogP) is 3.21. The topological polar surface area (TPSA) is 15.3 Å². The second kappa shape index (κ2) is 7.65. The van der Waals surface area contributed by atoms with Gasteiger partial charge in [0, 0.05) is 24.8 Å². The average Bonchev–Trinajstić information content (AvgIpc) is 2.40. The Morgan fingerprint density at radius 2 is 1.89 bits per heavy atom. The van der Waals surface area contributed by atoms with Crippen LogP contribution in [0, 0.1) is 17.6 Å². The van der Waals surface area contributed by atoms with E-state index in [0.717, 1.165) is 44.7 Å². The molecule has 19 heavy (non-hydrogen) atoms. The van der Waals surface area contributed by atoms with Gasteiger partial charge < -0.3 is 10.2 Å². The standard InChI is InChI=1S/C14H20F2N2.ClH/c1-2-18(10-11-5-7-17-8-6-11)12-3-4-13(15)14(16)9-12;/h3-4,9,11,17H,2,5-8,10H2,1H3;1H. The van der Waals surface area contributed by atoms with Crippen LogP contribution in [0.3, 0.4) is 0 Å². The Balaban J connectivity index is 0.00000180. The van der Waals surface area contributed by atoms with E-state index in [1.165, 1.54) is 12.1 Å². The number of anilines is 1. The van der Waals surface area contributed by atoms with Crippen molar-refractivity contribution in [2.24, 2.45) is 5.92 Å². The third-order valence-electron chi connectivity index (χ3n) is 3.59. The maximum Gasteiger partial charge on any atom is 0.160 e. The molecule has 1 saturated heterocycles. The van der Waals surface area contributed by atoms with Gasteiger partial charge in [-0.2, -0.15) is 0 Å². The number of nitrogens with zero attached hydrogens (tertiary/aromatic N) is 1. The molecule has 0 aliphatic carbocycles. The zero-order valence-electron chi connectivity index (χ0n) is 11.2. The molecule has 2 nitrogen and oxygen atoms in total. The normalized spacial score (nSPS) is 15.9. The average molecular weight is 291 g/mol. The van der Waals surface area contributed by atoms with Crippen molar-refractivity contribution in [3.8, 4) is 0 Å². The molecular weight excluding hydrogens is 270 g/mol. The molecule has 1 aromatic rings. The van der Waals surface area contributed by atoms with E-state index >= 15 is 0 Å². The summed E-state index contributed by atoms with van der Waals surface area (Å²) in [6, 6.07) is 4.15. The molecule has 108 valence electrons. The monoisotopic (exact) mass is 290 g/mol. The minimum absolute atomic E-state index is 0. The molecule has 0 aromatic heterocycles. The number of hydrogen-bond acceptors (Lipinski definition) is 2. The number of rotatable bonds is 4. The lowest BCUT2D eigenvalue weighted by atomic mass is 9.97. The van der Waals surface area contributed by atoms with Crippen molar-refractivity contribution in [3.63, 3.8) is 0 Å². The van der Waals surface area contributed by atoms with Gasteiger partial charge in [-0.05, 0) is 50.9 Å². The number of benzene rings is 1. The van der Waals surface area contributed by atoms with E-state index in [1.54, 1.807) is 6.07 Å². The van der Waals surface area contributed by atoms with E-state index in [-0.39, 0.29) is 12.4 Å². The van der Waals surface area contributed by atoms with Crippen LogP contribution in [-0.2, 0) is 0 Å². The quantitative estimate of drug-likeness (QED) is 0.916. The minimum atomic E-state index is -0.781. The SMILES string of the molecule is CCN(CC1CCNCC1)c1ccc(F)c(F)c1.Cl. The van der Waals surface area contributed by atoms with Crippen LogP contribution >= 0.6 is 12.4 Å². The summed E-state index contributed by atoms with van der Waals surface area (Å²) in [7, 11) is 0. The van der Waals surface area contributed by atoms with E-state index < -0.39 is 11.6 Å². The second-order valence-electron chi connectivity index (χ2n) is 4.83. The molecule has 0 unspecified atom stereocenters. The van der Waals surface area contributed by atoms with E-state index in [4.69, 9.17) is 0 Å². The molecule has 5 heteroatoms. The Bertz CT molecular complexity index is 395. The number of halogens is 3. The highest BCUT2D eigenvalue weighted by Gasteiger charge is 2.17. The van der Waals surface area contributed by atoms with Gasteiger partial charge in [-0.1, -0.05) is 0 Å². The Kier molecular flexibility index (Phi) is 6.52. The summed E-state index contributed by atoms with van der Waals surface area (Å²) in [5.41, 5.74) is 0.773. The van der Waals surface area contributed by atoms with Gasteiger partial charge in [-0.15, -0.1) is 12.4 Å². The van der Waals surface area contributed by atoms with Crippen molar-refractivity contribution >= 4 is 18.1 Å². The molecule has 1 heterocycles. The van der Waals surface area contributed by atoms with Crippen molar-refractivity contribution in [1.29, 1.82) is 0 Å². The minimum Gasteiger partial charge on any atom is -0.371 e. The molecule has 1 N–H and O–H groups in total. The van der Waals surface area contributed by atoms with Crippen LogP contribution in [0.2, 0.25) is 0 Å². The van der Waals surface area contributed by atoms with Crippen molar-refractivity contribution in [3.05, 3.63) is 29.8 Å². The fraction of sp³-hybridized carbons (Fsp3) is 0.571. The van der Waals surface area contributed by atoms with Crippen LogP contribution in [0.5, 0.6) is 0 Å². The highest BCUT2D eigenvalue weighted by atomic mass is 35.5. The van der Waals surface area contributed by atoms with Gasteiger partial charge in [0.05, 0.1) is 0 Å². The van der Waals surface area contributed by atoms with E-state index in [0.29, 0.717) is 5.92 Å². The first kappa shape index (κ1) is 16.2. The third kappa shape index (κ3) is 4.32. The van der Waals surface area contributed by atoms with Gasteiger partial charge in [0.2, 0.25) is 0 Å². The summed E-state index contributed by atoms with van der Waals surface area (Å²) in [6.07, 6.45) is 2.31. The molecule has 0 spiro atoms. The van der Waals surface area contributed by atoms with Crippen molar-refractivity contribution in [2.75, 3.05) is 31.1 Å². The molecule has 0 bridgehead atoms. The van der Waals surface area contributed by atoms with Gasteiger partial charge in [-0.25, -0.2) is 8.78 Å². The van der Waals surface area contributed by atoms with Gasteiger partial charge in [-0.3, -0.25) is 0 Å². The smallest absolute Gasteiger partial charge is 0.160 e. The zero-order chi connectivity index (χ0) is 13.0. The zero-order valence-corrected chi connectivity index (χ0v) is 12.0. The molecule has 2 rings (SSSR count). The van der Waals surface area contributed by atoms with E-state index in [9.17, 15) is 8.78 Å². The Labute approximate surface area is 119 Å². The van der Waals surface area contributed by atoms with Gasteiger partial charge in [0.15, 0.2) is 11.6 Å². The second-order valence-corrected chi connectivity index (χ2v) is 4.83. The fourth-order valence-electron chi connectivity index (χ4n) is 2.47. The molecule has 0 atom stereocenters. The first-order valence-corrected chi connectivity index (χ1v) is 6.61. The third-order valence-corrected chi connectivity index (χ3v) is 3.59. The maximum atomic E-state index is 13.2. The fourth-order valence-corrected chi connectivity index (χ4v) is 2.47. The molecular formula is C14H21ClF2N2. The number of piperidine rings is 1. The molecule has 1 aliphatic heterocycles. The predicted molar refractivity (Wildman–Crippen MR) is 77.1 cm³/mol. The summed E-state index contributed by atoms with van der Waals surface area (Å²) in [6.45, 7) is 5.89. The lowest BCUT2D eigenvalue weighted by Gasteiger charge is -2.31. The van der Waals surface area contributed by atoms with Crippen molar-refractivity contribution in [1.82, 2.24) is 5.32 Å². The number of nitrogens with one attached hydrogen (secondary N) is 1. The molecule has 1 fully saturated rings. The van der Waals surface area contributed by atoms with Crippen LogP contribution in [0.1, 0.15) is 19.8 Å². The summed E-state index contributed by atoms with van der Waals surface area (Å²) in [4.78, 5) is 2.12. The first-order chi connectivity index (χ1) is 8.70. The summed E-state index contributed by atoms with van der Waals surface area (Å²) >= 11 is 0. The maximum absolute atomic E-state index is 13.2. The summed E-state index contributed by atoms with van der Waals surface area (Å²) in [5.74, 6) is -0.910. The van der Waals surface area contributed by atoms with Gasteiger partial charge in [0.25, 0.3) is 0 Å². The number of hydrogen-bond donors (Lipinski definition) is 1. The molecule has 0 saturated carbocycles. The molecule has 0 amide bonds. The molecule has 0 radical (unpaired) electrons. The van der Waals surface area contributed by atoms with Crippen LogP contribution in [0.15, 0.2) is 18.2 Å². The largest absolute Gasteiger partial charge is 0.371 e. The van der Waals surface area contributed by atoms with E-state index in [2.05, 4.69) is 10.2 Å². The summed E-state index contributed by atoms with van der Waals surface area (Å²) < 4.78 is 26.2. The Hall–Kier alpha value is -0.870. The Morgan fingerprint density at radius 3 is 2.47 bits per heavy atom. The highest BCUT2D eigenvalue weighted by molar-refractivity contribution is 5.85. The lowest BCUT2D eigenvalue weighted by molar-refractivity contribution is 0.374. The molecule has 1 aliphatic rings. The highest BCUT2D eigenvalue weighted by Crippen LogP contribution is 2.21.